The summed E-state index contributed by atoms with van der Waals surface area (Å²) in [7, 11) is 0. The van der Waals surface area contributed by atoms with E-state index in [0.29, 0.717) is 0 Å². The molecule has 4 nitrogen and oxygen atoms in total. The summed E-state index contributed by atoms with van der Waals surface area (Å²) in [5.41, 5.74) is -1.94. The molecule has 1 amide bonds. The standard InChI is InChI=1S/C9H18ClNO3/c1-8(2,4-10)7(13)11-5-9(3,14)6-12/h12,14H,4-6H2,1-3H3,(H,11,13). The highest BCUT2D eigenvalue weighted by Crippen LogP contribution is 2.17. The van der Waals surface area contributed by atoms with E-state index in [4.69, 9.17) is 16.7 Å². The Balaban J connectivity index is 4.10. The topological polar surface area (TPSA) is 69.6 Å². The molecule has 1 unspecified atom stereocenters. The van der Waals surface area contributed by atoms with Crippen molar-refractivity contribution in [2.45, 2.75) is 26.4 Å². The number of hydrogen-bond donors (Lipinski definition) is 3. The third-order valence-electron chi connectivity index (χ3n) is 1.92. The van der Waals surface area contributed by atoms with Crippen molar-refractivity contribution >= 4 is 17.5 Å². The van der Waals surface area contributed by atoms with Crippen LogP contribution in [0.25, 0.3) is 0 Å². The second-order valence-corrected chi connectivity index (χ2v) is 4.62. The lowest BCUT2D eigenvalue weighted by Crippen LogP contribution is -2.47. The van der Waals surface area contributed by atoms with E-state index in [9.17, 15) is 9.90 Å². The quantitative estimate of drug-likeness (QED) is 0.580. The summed E-state index contributed by atoms with van der Waals surface area (Å²) in [5, 5.41) is 20.7. The van der Waals surface area contributed by atoms with Gasteiger partial charge in [0.15, 0.2) is 0 Å². The van der Waals surface area contributed by atoms with Crippen molar-refractivity contribution in [1.29, 1.82) is 0 Å². The van der Waals surface area contributed by atoms with Crippen LogP contribution in [-0.2, 0) is 4.79 Å². The number of halogens is 1. The molecule has 14 heavy (non-hydrogen) atoms. The van der Waals surface area contributed by atoms with E-state index in [1.807, 2.05) is 0 Å². The number of carbonyl (C=O) groups is 1. The fraction of sp³-hybridized carbons (Fsp3) is 0.889. The molecule has 0 radical (unpaired) electrons. The summed E-state index contributed by atoms with van der Waals surface area (Å²) in [5.74, 6) is -0.0265. The van der Waals surface area contributed by atoms with Crippen LogP contribution in [0, 0.1) is 5.41 Å². The third kappa shape index (κ3) is 4.26. The molecule has 0 aromatic rings. The van der Waals surface area contributed by atoms with Crippen LogP contribution < -0.4 is 5.32 Å². The molecule has 0 rings (SSSR count). The molecular weight excluding hydrogens is 206 g/mol. The minimum Gasteiger partial charge on any atom is -0.393 e. The van der Waals surface area contributed by atoms with Gasteiger partial charge in [0.1, 0.15) is 5.60 Å². The van der Waals surface area contributed by atoms with Crippen molar-refractivity contribution in [3.8, 4) is 0 Å². The van der Waals surface area contributed by atoms with Crippen LogP contribution in [0.15, 0.2) is 0 Å². The minimum atomic E-state index is -1.28. The fourth-order valence-electron chi connectivity index (χ4n) is 0.627. The van der Waals surface area contributed by atoms with Gasteiger partial charge in [0.2, 0.25) is 5.91 Å². The van der Waals surface area contributed by atoms with Crippen LogP contribution in [-0.4, -0.2) is 40.8 Å². The zero-order chi connectivity index (χ0) is 11.4. The number of amides is 1. The Kier molecular flexibility index (Phi) is 4.84. The maximum atomic E-state index is 11.5. The van der Waals surface area contributed by atoms with E-state index in [0.717, 1.165) is 0 Å². The Labute approximate surface area is 89.3 Å². The van der Waals surface area contributed by atoms with Gasteiger partial charge in [-0.15, -0.1) is 11.6 Å². The maximum Gasteiger partial charge on any atom is 0.226 e. The number of carbonyl (C=O) groups excluding carboxylic acids is 1. The van der Waals surface area contributed by atoms with Crippen molar-refractivity contribution in [2.75, 3.05) is 19.0 Å². The van der Waals surface area contributed by atoms with Crippen molar-refractivity contribution in [3.05, 3.63) is 0 Å². The number of rotatable bonds is 5. The highest BCUT2D eigenvalue weighted by Gasteiger charge is 2.28. The number of nitrogens with one attached hydrogen (secondary N) is 1. The molecule has 0 saturated carbocycles. The van der Waals surface area contributed by atoms with E-state index >= 15 is 0 Å². The monoisotopic (exact) mass is 223 g/mol. The second kappa shape index (κ2) is 4.96. The zero-order valence-electron chi connectivity index (χ0n) is 8.80. The van der Waals surface area contributed by atoms with Gasteiger partial charge in [-0.2, -0.15) is 0 Å². The van der Waals surface area contributed by atoms with Gasteiger partial charge in [0, 0.05) is 12.4 Å². The molecule has 0 aliphatic heterocycles. The molecule has 1 atom stereocenters. The normalized spacial score (nSPS) is 16.1. The Hall–Kier alpha value is -0.320. The Morgan fingerprint density at radius 2 is 1.93 bits per heavy atom. The lowest BCUT2D eigenvalue weighted by molar-refractivity contribution is -0.129. The van der Waals surface area contributed by atoms with Gasteiger partial charge in [-0.05, 0) is 20.8 Å². The van der Waals surface area contributed by atoms with Gasteiger partial charge in [-0.1, -0.05) is 0 Å². The predicted molar refractivity (Wildman–Crippen MR) is 55.2 cm³/mol. The molecule has 0 bridgehead atoms. The van der Waals surface area contributed by atoms with Crippen molar-refractivity contribution in [3.63, 3.8) is 0 Å². The molecule has 0 heterocycles. The van der Waals surface area contributed by atoms with Crippen LogP contribution in [0.5, 0.6) is 0 Å². The van der Waals surface area contributed by atoms with E-state index in [2.05, 4.69) is 5.32 Å². The smallest absolute Gasteiger partial charge is 0.226 e. The van der Waals surface area contributed by atoms with Gasteiger partial charge in [0.05, 0.1) is 12.0 Å². The van der Waals surface area contributed by atoms with Gasteiger partial charge >= 0.3 is 0 Å². The first-order chi connectivity index (χ1) is 6.25. The number of alkyl halides is 1. The second-order valence-electron chi connectivity index (χ2n) is 4.36. The molecule has 0 fully saturated rings. The number of aliphatic hydroxyl groups excluding tert-OH is 1. The average Bonchev–Trinajstić information content (AvgIpc) is 2.14. The molecule has 0 aliphatic carbocycles. The highest BCUT2D eigenvalue weighted by molar-refractivity contribution is 6.19. The molecule has 0 aromatic heterocycles. The van der Waals surface area contributed by atoms with E-state index in [1.165, 1.54) is 6.92 Å². The molecule has 0 saturated heterocycles. The summed E-state index contributed by atoms with van der Waals surface area (Å²) in [4.78, 5) is 11.5. The van der Waals surface area contributed by atoms with E-state index in [-0.39, 0.29) is 18.3 Å². The van der Waals surface area contributed by atoms with Crippen LogP contribution in [0.1, 0.15) is 20.8 Å². The molecule has 3 N–H and O–H groups in total. The zero-order valence-corrected chi connectivity index (χ0v) is 9.56. The highest BCUT2D eigenvalue weighted by atomic mass is 35.5. The lowest BCUT2D eigenvalue weighted by Gasteiger charge is -2.25. The van der Waals surface area contributed by atoms with Crippen molar-refractivity contribution in [1.82, 2.24) is 5.32 Å². The van der Waals surface area contributed by atoms with Crippen LogP contribution in [0.3, 0.4) is 0 Å². The van der Waals surface area contributed by atoms with Gasteiger partial charge in [0.25, 0.3) is 0 Å². The van der Waals surface area contributed by atoms with Gasteiger partial charge in [-0.3, -0.25) is 4.79 Å². The van der Waals surface area contributed by atoms with Crippen LogP contribution in [0.2, 0.25) is 0 Å². The van der Waals surface area contributed by atoms with E-state index < -0.39 is 17.6 Å². The maximum absolute atomic E-state index is 11.5. The van der Waals surface area contributed by atoms with Crippen molar-refractivity contribution in [2.24, 2.45) is 5.41 Å². The Morgan fingerprint density at radius 3 is 2.29 bits per heavy atom. The summed E-state index contributed by atoms with van der Waals surface area (Å²) in [6.07, 6.45) is 0. The fourth-order valence-corrected chi connectivity index (χ4v) is 0.748. The molecule has 0 aliphatic rings. The third-order valence-corrected chi connectivity index (χ3v) is 2.59. The molecule has 84 valence electrons. The molecule has 5 heteroatoms. The summed E-state index contributed by atoms with van der Waals surface area (Å²) in [6.45, 7) is 4.49. The molecular formula is C9H18ClNO3. The van der Waals surface area contributed by atoms with E-state index in [1.54, 1.807) is 13.8 Å². The SMILES string of the molecule is CC(O)(CO)CNC(=O)C(C)(C)CCl. The summed E-state index contributed by atoms with van der Waals surface area (Å²) in [6, 6.07) is 0. The Bertz CT molecular complexity index is 204. The summed E-state index contributed by atoms with van der Waals surface area (Å²) >= 11 is 5.60. The first-order valence-corrected chi connectivity index (χ1v) is 4.96. The van der Waals surface area contributed by atoms with Gasteiger partial charge in [-0.25, -0.2) is 0 Å². The number of aliphatic hydroxyl groups is 2. The minimum absolute atomic E-state index is 0.0165. The summed E-state index contributed by atoms with van der Waals surface area (Å²) < 4.78 is 0. The van der Waals surface area contributed by atoms with Gasteiger partial charge < -0.3 is 15.5 Å². The first kappa shape index (κ1) is 13.7. The largest absolute Gasteiger partial charge is 0.393 e. The predicted octanol–water partition coefficient (Wildman–Crippen LogP) is 0.111. The lowest BCUT2D eigenvalue weighted by atomic mass is 9.95. The first-order valence-electron chi connectivity index (χ1n) is 4.43. The van der Waals surface area contributed by atoms with Crippen LogP contribution in [0.4, 0.5) is 0 Å². The Morgan fingerprint density at radius 1 is 1.43 bits per heavy atom. The average molecular weight is 224 g/mol. The van der Waals surface area contributed by atoms with Crippen molar-refractivity contribution < 1.29 is 15.0 Å². The van der Waals surface area contributed by atoms with Crippen LogP contribution >= 0.6 is 11.6 Å². The molecule has 0 aromatic carbocycles. The number of hydrogen-bond acceptors (Lipinski definition) is 3. The molecule has 0 spiro atoms.